The molecule has 0 saturated heterocycles. The van der Waals surface area contributed by atoms with Crippen LogP contribution in [0.1, 0.15) is 231 Å². The number of hydrogen-bond donors (Lipinski definition) is 0. The van der Waals surface area contributed by atoms with Gasteiger partial charge in [-0.05, 0) is 118 Å². The summed E-state index contributed by atoms with van der Waals surface area (Å²) in [6, 6.07) is 0. The Morgan fingerprint density at radius 1 is 0.279 bits per heavy atom. The minimum atomic E-state index is 1.18. The van der Waals surface area contributed by atoms with Gasteiger partial charge < -0.3 is 0 Å². The molecule has 0 amide bonds. The Bertz CT molecular complexity index is 416. The Hall–Kier alpha value is 0. The fraction of sp³-hybridized carbons (Fsp3) is 1.00. The summed E-state index contributed by atoms with van der Waals surface area (Å²) in [6.45, 7) is 25.5. The maximum atomic E-state index is 2.12. The second-order valence-corrected chi connectivity index (χ2v) is 15.6. The predicted octanol–water partition coefficient (Wildman–Crippen LogP) is 16.1. The van der Waals surface area contributed by atoms with Crippen molar-refractivity contribution in [3.8, 4) is 0 Å². The van der Waals surface area contributed by atoms with Crippen LogP contribution in [0, 0.1) is 47.3 Å². The van der Waals surface area contributed by atoms with Crippen molar-refractivity contribution in [2.24, 2.45) is 47.3 Å². The number of hydrogen-bond acceptors (Lipinski definition) is 0. The van der Waals surface area contributed by atoms with E-state index in [1.165, 1.54) is 124 Å². The van der Waals surface area contributed by atoms with Crippen LogP contribution in [0.25, 0.3) is 0 Å². The van der Waals surface area contributed by atoms with E-state index in [9.17, 15) is 0 Å². The second kappa shape index (κ2) is 32.0. The molecule has 43 heavy (non-hydrogen) atoms. The standard InChI is InChI=1S/C10H16.C9H14.C6H12.6C3H8/c1-7-2-9-4-8(1)5-10(3-7)6-9;1-2-8-4-6-3-7(1)9(8)5-6;1-2-4-6-5-3-1;6*1-3-2/h7-10H,1-6H2;6-9H,1-5H2;1-6H2;6*3H2,1-2H3. The van der Waals surface area contributed by atoms with E-state index in [2.05, 4.69) is 83.1 Å². The minimum Gasteiger partial charge on any atom is -0.0656 e. The monoisotopic (exact) mass is 607 g/mol. The van der Waals surface area contributed by atoms with Crippen molar-refractivity contribution in [2.75, 3.05) is 0 Å². The molecular formula is C43H90. The maximum absolute atomic E-state index is 2.12. The first-order valence-electron chi connectivity index (χ1n) is 20.8. The van der Waals surface area contributed by atoms with Crippen LogP contribution in [-0.4, -0.2) is 0 Å². The largest absolute Gasteiger partial charge is 0.0656 e. The molecule has 8 aliphatic carbocycles. The zero-order valence-electron chi connectivity index (χ0n) is 32.9. The van der Waals surface area contributed by atoms with Crippen LogP contribution in [0.3, 0.4) is 0 Å². The zero-order chi connectivity index (χ0) is 32.9. The van der Waals surface area contributed by atoms with Crippen LogP contribution >= 0.6 is 0 Å². The first-order chi connectivity index (χ1) is 20.8. The molecule has 0 heterocycles. The van der Waals surface area contributed by atoms with Gasteiger partial charge in [0.25, 0.3) is 0 Å². The summed E-state index contributed by atoms with van der Waals surface area (Å²) >= 11 is 0. The molecule has 8 aliphatic rings. The quantitative estimate of drug-likeness (QED) is 0.257. The van der Waals surface area contributed by atoms with E-state index in [0.717, 1.165) is 0 Å². The van der Waals surface area contributed by atoms with Gasteiger partial charge in [-0.1, -0.05) is 160 Å². The molecule has 0 aromatic carbocycles. The molecule has 2 unspecified atom stereocenters. The van der Waals surface area contributed by atoms with Gasteiger partial charge >= 0.3 is 0 Å². The summed E-state index contributed by atoms with van der Waals surface area (Å²) in [6.07, 6.45) is 34.1. The highest BCUT2D eigenvalue weighted by Gasteiger charge is 2.49. The van der Waals surface area contributed by atoms with E-state index in [-0.39, 0.29) is 0 Å². The lowest BCUT2D eigenvalue weighted by Gasteiger charge is -2.49. The van der Waals surface area contributed by atoms with Crippen molar-refractivity contribution in [3.05, 3.63) is 0 Å². The van der Waals surface area contributed by atoms with Crippen LogP contribution in [0.5, 0.6) is 0 Å². The van der Waals surface area contributed by atoms with Crippen molar-refractivity contribution >= 4 is 0 Å². The molecule has 6 bridgehead atoms. The lowest BCUT2D eigenvalue weighted by atomic mass is 9.56. The Balaban J connectivity index is 0. The minimum absolute atomic E-state index is 1.18. The molecule has 0 nitrogen and oxygen atoms in total. The second-order valence-electron chi connectivity index (χ2n) is 15.6. The molecule has 0 aliphatic heterocycles. The molecule has 0 heteroatoms. The smallest absolute Gasteiger partial charge is 0.0355 e. The Morgan fingerprint density at radius 2 is 0.465 bits per heavy atom. The van der Waals surface area contributed by atoms with E-state index in [1.807, 2.05) is 0 Å². The van der Waals surface area contributed by atoms with Gasteiger partial charge in [0.05, 0.1) is 0 Å². The van der Waals surface area contributed by atoms with Crippen molar-refractivity contribution in [1.82, 2.24) is 0 Å². The molecule has 8 fully saturated rings. The van der Waals surface area contributed by atoms with Gasteiger partial charge in [-0.25, -0.2) is 0 Å². The molecule has 2 atom stereocenters. The van der Waals surface area contributed by atoms with Gasteiger partial charge in [0.1, 0.15) is 0 Å². The predicted molar refractivity (Wildman–Crippen MR) is 202 cm³/mol. The Labute approximate surface area is 277 Å². The van der Waals surface area contributed by atoms with Gasteiger partial charge in [-0.3, -0.25) is 0 Å². The van der Waals surface area contributed by atoms with Crippen LogP contribution in [0.2, 0.25) is 0 Å². The van der Waals surface area contributed by atoms with Crippen molar-refractivity contribution in [2.45, 2.75) is 231 Å². The van der Waals surface area contributed by atoms with Crippen molar-refractivity contribution in [3.63, 3.8) is 0 Å². The van der Waals surface area contributed by atoms with Gasteiger partial charge in [-0.15, -0.1) is 0 Å². The molecule has 0 aromatic rings. The summed E-state index contributed by atoms with van der Waals surface area (Å²) in [7, 11) is 0. The van der Waals surface area contributed by atoms with E-state index >= 15 is 0 Å². The van der Waals surface area contributed by atoms with E-state index in [0.29, 0.717) is 0 Å². The summed E-state index contributed by atoms with van der Waals surface area (Å²) < 4.78 is 0. The average molecular weight is 607 g/mol. The number of fused-ring (bicyclic) bond motifs is 1. The first-order valence-corrected chi connectivity index (χ1v) is 20.8. The van der Waals surface area contributed by atoms with Crippen LogP contribution < -0.4 is 0 Å². The SMILES string of the molecule is C1C2CC3CC1CC(C2)C3.C1CC2CC3CC1C2C3.C1CCCCC1.CCC.CCC.CCC.CCC.CCC.CCC. The molecule has 8 saturated carbocycles. The number of rotatable bonds is 0. The summed E-state index contributed by atoms with van der Waals surface area (Å²) in [5, 5.41) is 0. The molecule has 0 aromatic heterocycles. The fourth-order valence-electron chi connectivity index (χ4n) is 8.79. The third-order valence-corrected chi connectivity index (χ3v) is 9.50. The van der Waals surface area contributed by atoms with Gasteiger partial charge in [0, 0.05) is 0 Å². The van der Waals surface area contributed by atoms with E-state index in [4.69, 9.17) is 0 Å². The molecule has 8 rings (SSSR count). The third-order valence-electron chi connectivity index (χ3n) is 9.50. The normalized spacial score (nSPS) is 32.1. The molecule has 0 radical (unpaired) electrons. The van der Waals surface area contributed by atoms with Crippen LogP contribution in [-0.2, 0) is 0 Å². The fourth-order valence-corrected chi connectivity index (χ4v) is 8.79. The zero-order valence-corrected chi connectivity index (χ0v) is 32.9. The summed E-state index contributed by atoms with van der Waals surface area (Å²) in [5.74, 6) is 9.52. The highest BCUT2D eigenvalue weighted by molar-refractivity contribution is 4.99. The molecule has 262 valence electrons. The van der Waals surface area contributed by atoms with Gasteiger partial charge in [0.15, 0.2) is 0 Å². The molecule has 0 N–H and O–H groups in total. The molecule has 0 spiro atoms. The van der Waals surface area contributed by atoms with Gasteiger partial charge in [-0.2, -0.15) is 0 Å². The highest BCUT2D eigenvalue weighted by atomic mass is 14.5. The summed E-state index contributed by atoms with van der Waals surface area (Å²) in [4.78, 5) is 0. The maximum Gasteiger partial charge on any atom is -0.0355 e. The van der Waals surface area contributed by atoms with Crippen LogP contribution in [0.4, 0.5) is 0 Å². The lowest BCUT2D eigenvalue weighted by Crippen LogP contribution is -2.38. The highest BCUT2D eigenvalue weighted by Crippen LogP contribution is 2.59. The Kier molecular flexibility index (Phi) is 33.5. The first kappa shape index (κ1) is 45.1. The molecular weight excluding hydrogens is 516 g/mol. The third kappa shape index (κ3) is 22.2. The lowest BCUT2D eigenvalue weighted by molar-refractivity contribution is 0.0198. The topological polar surface area (TPSA) is 0 Å². The Morgan fingerprint density at radius 3 is 0.628 bits per heavy atom. The van der Waals surface area contributed by atoms with Gasteiger partial charge in [0.2, 0.25) is 0 Å². The van der Waals surface area contributed by atoms with E-state index < -0.39 is 0 Å². The van der Waals surface area contributed by atoms with Crippen molar-refractivity contribution in [1.29, 1.82) is 0 Å². The average Bonchev–Trinajstić information content (AvgIpc) is 3.61. The summed E-state index contributed by atoms with van der Waals surface area (Å²) in [5.41, 5.74) is 0. The van der Waals surface area contributed by atoms with E-state index in [1.54, 1.807) is 70.6 Å². The van der Waals surface area contributed by atoms with Crippen molar-refractivity contribution < 1.29 is 0 Å². The van der Waals surface area contributed by atoms with Crippen LogP contribution in [0.15, 0.2) is 0 Å².